The number of ether oxygens (including phenoxy) is 1. The quantitative estimate of drug-likeness (QED) is 0.602. The molecular formula is C13H13F5O2. The molecule has 0 N–H and O–H groups in total. The average molecular weight is 296 g/mol. The summed E-state index contributed by atoms with van der Waals surface area (Å²) in [6.07, 6.45) is -5.29. The highest BCUT2D eigenvalue weighted by molar-refractivity contribution is 6.03. The first kappa shape index (κ1) is 16.4. The van der Waals surface area contributed by atoms with Crippen LogP contribution in [0.2, 0.25) is 0 Å². The van der Waals surface area contributed by atoms with E-state index >= 15 is 0 Å². The van der Waals surface area contributed by atoms with Crippen molar-refractivity contribution in [1.29, 1.82) is 0 Å². The molecule has 1 aromatic carbocycles. The molecule has 0 fully saturated rings. The molecule has 0 saturated heterocycles. The number of ketones is 1. The zero-order valence-electron chi connectivity index (χ0n) is 10.9. The first-order valence-electron chi connectivity index (χ1n) is 5.84. The van der Waals surface area contributed by atoms with Crippen molar-refractivity contribution in [3.8, 4) is 5.75 Å². The van der Waals surface area contributed by atoms with Crippen LogP contribution in [-0.4, -0.2) is 24.5 Å². The van der Waals surface area contributed by atoms with Crippen LogP contribution in [-0.2, 0) is 0 Å². The predicted molar refractivity (Wildman–Crippen MR) is 62.3 cm³/mol. The van der Waals surface area contributed by atoms with Gasteiger partial charge in [-0.1, -0.05) is 13.0 Å². The molecule has 0 amide bonds. The smallest absolute Gasteiger partial charge is 0.461 e. The first-order valence-corrected chi connectivity index (χ1v) is 5.84. The van der Waals surface area contributed by atoms with Crippen molar-refractivity contribution in [1.82, 2.24) is 0 Å². The highest BCUT2D eigenvalue weighted by Gasteiger charge is 2.63. The van der Waals surface area contributed by atoms with Gasteiger partial charge in [0, 0.05) is 5.56 Å². The minimum Gasteiger partial charge on any atom is -0.494 e. The molecule has 7 heteroatoms. The molecule has 0 aliphatic rings. The number of rotatable bonds is 5. The van der Waals surface area contributed by atoms with Crippen molar-refractivity contribution in [3.05, 3.63) is 29.3 Å². The van der Waals surface area contributed by atoms with Crippen LogP contribution in [0.1, 0.15) is 29.3 Å². The Morgan fingerprint density at radius 2 is 1.80 bits per heavy atom. The molecule has 112 valence electrons. The van der Waals surface area contributed by atoms with E-state index < -0.39 is 23.4 Å². The molecular weight excluding hydrogens is 283 g/mol. The summed E-state index contributed by atoms with van der Waals surface area (Å²) in [5, 5.41) is 0. The molecule has 0 unspecified atom stereocenters. The Balaban J connectivity index is 3.15. The van der Waals surface area contributed by atoms with Gasteiger partial charge in [0.1, 0.15) is 5.75 Å². The number of carbonyl (C=O) groups is 1. The number of benzene rings is 1. The summed E-state index contributed by atoms with van der Waals surface area (Å²) in [5.41, 5.74) is -0.663. The number of alkyl halides is 5. The second kappa shape index (κ2) is 5.76. The number of hydrogen-bond acceptors (Lipinski definition) is 2. The van der Waals surface area contributed by atoms with Crippen molar-refractivity contribution in [3.63, 3.8) is 0 Å². The van der Waals surface area contributed by atoms with Gasteiger partial charge in [0.05, 0.1) is 6.61 Å². The molecule has 20 heavy (non-hydrogen) atoms. The molecule has 0 aromatic heterocycles. The molecule has 0 spiro atoms. The second-order valence-electron chi connectivity index (χ2n) is 4.23. The van der Waals surface area contributed by atoms with E-state index in [4.69, 9.17) is 4.74 Å². The summed E-state index contributed by atoms with van der Waals surface area (Å²) in [6.45, 7) is 3.35. The van der Waals surface area contributed by atoms with E-state index in [1.165, 1.54) is 19.1 Å². The Morgan fingerprint density at radius 3 is 2.30 bits per heavy atom. The van der Waals surface area contributed by atoms with Crippen LogP contribution in [0.5, 0.6) is 5.75 Å². The summed E-state index contributed by atoms with van der Waals surface area (Å²) in [4.78, 5) is 11.4. The Hall–Kier alpha value is -1.66. The third-order valence-electron chi connectivity index (χ3n) is 2.57. The SMILES string of the molecule is CCCOc1ccc(C)c(C(=O)C(F)(F)C(F)(F)F)c1. The van der Waals surface area contributed by atoms with E-state index in [-0.39, 0.29) is 17.9 Å². The zero-order chi connectivity index (χ0) is 15.6. The Labute approximate surface area is 112 Å². The number of Topliss-reactive ketones (excluding diaryl/α,β-unsaturated/α-hetero) is 1. The zero-order valence-corrected chi connectivity index (χ0v) is 10.9. The summed E-state index contributed by atoms with van der Waals surface area (Å²) < 4.78 is 67.8. The minimum atomic E-state index is -5.92. The molecule has 1 aromatic rings. The van der Waals surface area contributed by atoms with Crippen LogP contribution in [0, 0.1) is 6.92 Å². The molecule has 0 bridgehead atoms. The van der Waals surface area contributed by atoms with E-state index in [0.29, 0.717) is 6.42 Å². The van der Waals surface area contributed by atoms with Gasteiger partial charge < -0.3 is 4.74 Å². The molecule has 1 rings (SSSR count). The fraction of sp³-hybridized carbons (Fsp3) is 0.462. The molecule has 0 saturated carbocycles. The highest BCUT2D eigenvalue weighted by atomic mass is 19.4. The van der Waals surface area contributed by atoms with Crippen molar-refractivity contribution >= 4 is 5.78 Å². The predicted octanol–water partition coefficient (Wildman–Crippen LogP) is 4.16. The summed E-state index contributed by atoms with van der Waals surface area (Å²) in [6, 6.07) is 3.59. The van der Waals surface area contributed by atoms with Gasteiger partial charge in [-0.05, 0) is 31.0 Å². The van der Waals surface area contributed by atoms with E-state index in [2.05, 4.69) is 0 Å². The maximum atomic E-state index is 13.1. The van der Waals surface area contributed by atoms with E-state index in [9.17, 15) is 26.7 Å². The number of carbonyl (C=O) groups excluding carboxylic acids is 1. The van der Waals surface area contributed by atoms with E-state index in [0.717, 1.165) is 6.07 Å². The minimum absolute atomic E-state index is 0.0303. The van der Waals surface area contributed by atoms with Gasteiger partial charge in [-0.15, -0.1) is 0 Å². The number of halogens is 5. The van der Waals surface area contributed by atoms with Gasteiger partial charge in [-0.2, -0.15) is 22.0 Å². The van der Waals surface area contributed by atoms with Crippen LogP contribution in [0.15, 0.2) is 18.2 Å². The highest BCUT2D eigenvalue weighted by Crippen LogP contribution is 2.38. The van der Waals surface area contributed by atoms with Crippen LogP contribution < -0.4 is 4.74 Å². The van der Waals surface area contributed by atoms with Crippen molar-refractivity contribution in [2.24, 2.45) is 0 Å². The third kappa shape index (κ3) is 3.26. The van der Waals surface area contributed by atoms with Gasteiger partial charge in [-0.25, -0.2) is 0 Å². The maximum absolute atomic E-state index is 13.1. The van der Waals surface area contributed by atoms with Gasteiger partial charge in [0.2, 0.25) is 5.78 Å². The Morgan fingerprint density at radius 1 is 1.20 bits per heavy atom. The summed E-state index contributed by atoms with van der Waals surface area (Å²) in [5.74, 6) is -7.61. The number of aryl methyl sites for hydroxylation is 1. The van der Waals surface area contributed by atoms with Crippen LogP contribution in [0.3, 0.4) is 0 Å². The van der Waals surface area contributed by atoms with Gasteiger partial charge in [-0.3, -0.25) is 4.79 Å². The molecule has 2 nitrogen and oxygen atoms in total. The summed E-state index contributed by atoms with van der Waals surface area (Å²) in [7, 11) is 0. The molecule has 0 aliphatic carbocycles. The molecule has 0 atom stereocenters. The monoisotopic (exact) mass is 296 g/mol. The lowest BCUT2D eigenvalue weighted by Crippen LogP contribution is -2.44. The second-order valence-corrected chi connectivity index (χ2v) is 4.23. The normalized spacial score (nSPS) is 12.3. The lowest BCUT2D eigenvalue weighted by Gasteiger charge is -2.19. The van der Waals surface area contributed by atoms with Gasteiger partial charge in [0.25, 0.3) is 0 Å². The Bertz CT molecular complexity index is 494. The fourth-order valence-corrected chi connectivity index (χ4v) is 1.45. The van der Waals surface area contributed by atoms with Crippen molar-refractivity contribution < 1.29 is 31.5 Å². The maximum Gasteiger partial charge on any atom is 0.461 e. The topological polar surface area (TPSA) is 26.3 Å². The van der Waals surface area contributed by atoms with Gasteiger partial charge >= 0.3 is 12.1 Å². The Kier molecular flexibility index (Phi) is 4.73. The van der Waals surface area contributed by atoms with Gasteiger partial charge in [0.15, 0.2) is 0 Å². The molecule has 0 heterocycles. The molecule has 0 aliphatic heterocycles. The fourth-order valence-electron chi connectivity index (χ4n) is 1.45. The summed E-state index contributed by atoms with van der Waals surface area (Å²) >= 11 is 0. The van der Waals surface area contributed by atoms with Crippen LogP contribution >= 0.6 is 0 Å². The third-order valence-corrected chi connectivity index (χ3v) is 2.57. The van der Waals surface area contributed by atoms with Crippen molar-refractivity contribution in [2.45, 2.75) is 32.4 Å². The van der Waals surface area contributed by atoms with Crippen LogP contribution in [0.25, 0.3) is 0 Å². The largest absolute Gasteiger partial charge is 0.494 e. The first-order chi connectivity index (χ1) is 9.11. The molecule has 0 radical (unpaired) electrons. The standard InChI is InChI=1S/C13H13F5O2/c1-3-6-20-9-5-4-8(2)10(7-9)11(19)12(14,15)13(16,17)18/h4-5,7H,3,6H2,1-2H3. The lowest BCUT2D eigenvalue weighted by molar-refractivity contribution is -0.255. The van der Waals surface area contributed by atoms with Crippen LogP contribution in [0.4, 0.5) is 22.0 Å². The lowest BCUT2D eigenvalue weighted by atomic mass is 10.00. The average Bonchev–Trinajstić information content (AvgIpc) is 2.35. The van der Waals surface area contributed by atoms with E-state index in [1.54, 1.807) is 6.92 Å². The van der Waals surface area contributed by atoms with Crippen molar-refractivity contribution in [2.75, 3.05) is 6.61 Å². The van der Waals surface area contributed by atoms with E-state index in [1.807, 2.05) is 0 Å². The number of hydrogen-bond donors (Lipinski definition) is 0.